The Morgan fingerprint density at radius 3 is 1.10 bits per heavy atom. The van der Waals surface area contributed by atoms with Gasteiger partial charge in [0.1, 0.15) is 71.2 Å². The van der Waals surface area contributed by atoms with E-state index in [1.54, 1.807) is 147 Å². The number of nitrogens with one attached hydrogen (secondary N) is 3. The molecule has 2 amide bonds. The molecule has 10 heterocycles. The third kappa shape index (κ3) is 27.0. The molecule has 127 heavy (non-hydrogen) atoms. The predicted octanol–water partition coefficient (Wildman–Crippen LogP) is 4.04. The number of ether oxygens (including phenoxy) is 4. The van der Waals surface area contributed by atoms with Crippen LogP contribution in [0, 0.1) is 0 Å². The Balaban J connectivity index is 0.000000148. The molecule has 6 aromatic carbocycles. The number of carbonyl (C=O) groups is 2. The number of nitrogens with zero attached hydrogens (tertiary/aromatic N) is 12. The Bertz CT molecular complexity index is 6470. The first-order valence-corrected chi connectivity index (χ1v) is 48.6. The van der Waals surface area contributed by atoms with Crippen LogP contribution in [0.5, 0.6) is 23.0 Å². The van der Waals surface area contributed by atoms with E-state index in [0.29, 0.717) is 160 Å². The molecule has 10 aromatic rings. The first kappa shape index (κ1) is 94.1. The van der Waals surface area contributed by atoms with Crippen molar-refractivity contribution < 1.29 is 79.0 Å². The monoisotopic (exact) mass is 1850 g/mol. The van der Waals surface area contributed by atoms with E-state index in [9.17, 15) is 60.1 Å². The number of hydrogen-bond acceptors (Lipinski definition) is 29. The third-order valence-electron chi connectivity index (χ3n) is 18.8. The number of aryl methyl sites for hydroxylation is 1. The first-order valence-electron chi connectivity index (χ1n) is 38.9. The number of anilines is 2. The van der Waals surface area contributed by atoms with E-state index in [0.717, 1.165) is 24.2 Å². The number of nitrogens with two attached hydrogens (primary N) is 6. The van der Waals surface area contributed by atoms with Crippen molar-refractivity contribution in [3.8, 4) is 23.0 Å². The van der Waals surface area contributed by atoms with Crippen LogP contribution < -0.4 is 69.3 Å². The molecule has 4 aromatic heterocycles. The summed E-state index contributed by atoms with van der Waals surface area (Å²) in [5.41, 5.74) is 45.0. The van der Waals surface area contributed by atoms with Crippen LogP contribution in [-0.4, -0.2) is 187 Å². The molecule has 15 N–H and O–H groups in total. The Morgan fingerprint density at radius 1 is 0.378 bits per heavy atom. The van der Waals surface area contributed by atoms with Gasteiger partial charge >= 0.3 is 0 Å². The summed E-state index contributed by atoms with van der Waals surface area (Å²) in [5, 5.41) is 12.8. The Kier molecular flexibility index (Phi) is 31.0. The fourth-order valence-corrected chi connectivity index (χ4v) is 19.9. The Morgan fingerprint density at radius 2 is 0.732 bits per heavy atom. The highest BCUT2D eigenvalue weighted by Gasteiger charge is 2.31. The molecule has 0 spiro atoms. The molecule has 6 aliphatic rings. The van der Waals surface area contributed by atoms with Gasteiger partial charge in [-0.15, -0.1) is 26.4 Å². The molecule has 6 aliphatic heterocycles. The van der Waals surface area contributed by atoms with E-state index in [2.05, 4.69) is 57.4 Å². The van der Waals surface area contributed by atoms with E-state index < -0.39 is 60.1 Å². The van der Waals surface area contributed by atoms with Crippen molar-refractivity contribution in [2.24, 2.45) is 60.8 Å². The van der Waals surface area contributed by atoms with E-state index >= 15 is 0 Å². The van der Waals surface area contributed by atoms with Crippen LogP contribution in [0.2, 0.25) is 0 Å². The van der Waals surface area contributed by atoms with Crippen molar-refractivity contribution in [3.63, 3.8) is 0 Å². The average Bonchev–Trinajstić information content (AvgIpc) is 1.46. The Hall–Kier alpha value is -13.6. The van der Waals surface area contributed by atoms with Gasteiger partial charge < -0.3 is 78.8 Å². The van der Waals surface area contributed by atoms with Crippen molar-refractivity contribution in [3.05, 3.63) is 279 Å². The minimum Gasteiger partial charge on any atom is -0.493 e. The largest absolute Gasteiger partial charge is 0.493 e. The van der Waals surface area contributed by atoms with Gasteiger partial charge in [-0.1, -0.05) is 84.9 Å². The second kappa shape index (κ2) is 41.9. The number of fused-ring (bicyclic) bond motifs is 6. The molecule has 670 valence electrons. The number of hydrogen-bond donors (Lipinski definition) is 9. The zero-order chi connectivity index (χ0) is 91.3. The van der Waals surface area contributed by atoms with E-state index in [1.165, 1.54) is 11.8 Å². The van der Waals surface area contributed by atoms with Crippen molar-refractivity contribution in [1.82, 2.24) is 34.5 Å². The number of rotatable bonds is 24. The van der Waals surface area contributed by atoms with Crippen molar-refractivity contribution in [1.29, 1.82) is 0 Å². The lowest BCUT2D eigenvalue weighted by Gasteiger charge is -2.19. The van der Waals surface area contributed by atoms with Gasteiger partial charge in [0, 0.05) is 112 Å². The molecule has 0 fully saturated rings. The van der Waals surface area contributed by atoms with E-state index in [4.69, 9.17) is 53.3 Å². The second-order valence-corrected chi connectivity index (χ2v) is 38.5. The van der Waals surface area contributed by atoms with Crippen molar-refractivity contribution in [2.75, 3.05) is 70.8 Å². The lowest BCUT2D eigenvalue weighted by atomic mass is 10.1. The summed E-state index contributed by atoms with van der Waals surface area (Å²) >= 11 is 0. The minimum atomic E-state index is -3.55. The molecule has 0 unspecified atom stereocenters. The summed E-state index contributed by atoms with van der Waals surface area (Å²) in [4.78, 5) is 32.3. The minimum absolute atomic E-state index is 0.00567. The lowest BCUT2D eigenvalue weighted by Crippen LogP contribution is -2.30. The quantitative estimate of drug-likeness (QED) is 0.0385. The van der Waals surface area contributed by atoms with Crippen LogP contribution in [0.3, 0.4) is 0 Å². The highest BCUT2D eigenvalue weighted by atomic mass is 32.2. The first-order chi connectivity index (χ1) is 60.4. The standard InChI is InChI=1S/C16H17N3O3S.C15H15N3O3S.C14H15N3O3S.C13H14N4O3S.2C12H16N4O3S/c17-16-15-12(11-23(20,21)19-16)5-3-8-14(15)22-10-4-7-13-6-1-2-9-18-13;16-15-14-11(10-22(19,20)18-15)4-3-6-13(14)21-9-7-12-5-1-2-8-17-12;15-14-13-11(10-21(18,19)16-14)4-3-5-12(13)20-9-8-17-6-1-2-7-17;14-13-12-10(9-21(18,19)16-13)3-1-4-11(12)20-8-7-17-6-2-5-15-17;1-16(2)10(17)6-14-9-5-3-4-8-7-20(18,19)15-12(13)11(8)9;1-8(17)14-5-6-15-10-4-2-3-9-7-20(18,19)16-12(13)11(9)10/h1-3,5-6,8-9H,4,7,10-11H2,(H2,17,19);1-6,8H,7,9-10H2,(H2,16,18);1-7H,8-10H2,(H2,15,16);1-6H,7-9H2,(H2,14,16);3-5,14H,6-7H2,1-2H3,(H2,13,15);2-4,15H,5-7H2,1H3,(H2,13,16)(H,14,17). The van der Waals surface area contributed by atoms with Crippen molar-refractivity contribution in [2.45, 2.75) is 73.8 Å². The van der Waals surface area contributed by atoms with Crippen LogP contribution in [0.1, 0.15) is 91.5 Å². The van der Waals surface area contributed by atoms with Crippen LogP contribution in [-0.2, 0) is 130 Å². The number of amidine groups is 6. The molecule has 45 heteroatoms. The zero-order valence-electron chi connectivity index (χ0n) is 68.9. The molecule has 0 radical (unpaired) electrons. The average molecular weight is 1850 g/mol. The number of carbonyl (C=O) groups excluding carboxylic acids is 2. The lowest BCUT2D eigenvalue weighted by molar-refractivity contribution is -0.126. The van der Waals surface area contributed by atoms with Gasteiger partial charge in [0.15, 0.2) is 0 Å². The molecule has 39 nitrogen and oxygen atoms in total. The maximum atomic E-state index is 11.6. The van der Waals surface area contributed by atoms with Gasteiger partial charge in [-0.05, 0) is 125 Å². The third-order valence-corrected chi connectivity index (χ3v) is 25.7. The van der Waals surface area contributed by atoms with Crippen LogP contribution in [0.25, 0.3) is 0 Å². The van der Waals surface area contributed by atoms with Crippen LogP contribution in [0.4, 0.5) is 11.4 Å². The molecule has 0 atom stereocenters. The smallest absolute Gasteiger partial charge is 0.259 e. The topological polar surface area (TPSA) is 594 Å². The fraction of sp³-hybridized carbons (Fsp3) is 0.256. The SMILES string of the molecule is CC(=O)NCCNc1cccc2c1C(N)=NS(=O)(=O)C2.CN(C)C(=O)CNc1cccc2c1C(N)=NS(=O)(=O)C2.NC1=NS(=O)(=O)Cc2cccc(OCCCc3ccccn3)c21.NC1=NS(=O)(=O)Cc2cccc(OCCc3ccccn3)c21.NC1=NS(=O)(=O)Cc2cccc(OCCn3cccc3)c21.NC1=NS(=O)(=O)Cc2cccc(OCCn3cccn3)c21. The molecule has 16 rings (SSSR count). The number of amides is 2. The maximum absolute atomic E-state index is 11.6. The molecular formula is C82H93N21O18S6. The van der Waals surface area contributed by atoms with Gasteiger partial charge in [-0.25, -0.2) is 50.5 Å². The molecular weight excluding hydrogens is 1760 g/mol. The summed E-state index contributed by atoms with van der Waals surface area (Å²) in [6.45, 7) is 5.59. The van der Waals surface area contributed by atoms with Crippen molar-refractivity contribution >= 4 is 118 Å². The van der Waals surface area contributed by atoms with E-state index in [1.807, 2.05) is 77.8 Å². The maximum Gasteiger partial charge on any atom is 0.259 e. The number of likely N-dealkylation sites (N-methyl/N-ethyl adjacent to an activating group) is 1. The normalized spacial score (nSPS) is 15.9. The van der Waals surface area contributed by atoms with Gasteiger partial charge in [0.2, 0.25) is 11.8 Å². The second-order valence-electron chi connectivity index (χ2n) is 28.7. The number of pyridine rings is 2. The molecule has 0 aliphatic carbocycles. The summed E-state index contributed by atoms with van der Waals surface area (Å²) in [5.74, 6) is 0.989. The summed E-state index contributed by atoms with van der Waals surface area (Å²) in [6, 6.07) is 48.6. The summed E-state index contributed by atoms with van der Waals surface area (Å²) in [6.07, 6.45) is 13.2. The Labute approximate surface area is 734 Å². The zero-order valence-corrected chi connectivity index (χ0v) is 73.8. The van der Waals surface area contributed by atoms with Gasteiger partial charge in [0.25, 0.3) is 60.1 Å². The number of sulfonamides is 6. The highest BCUT2D eigenvalue weighted by molar-refractivity contribution is 7.91. The fourth-order valence-electron chi connectivity index (χ4n) is 13.3. The van der Waals surface area contributed by atoms with Gasteiger partial charge in [-0.2, -0.15) is 5.10 Å². The van der Waals surface area contributed by atoms with Gasteiger partial charge in [0.05, 0.1) is 89.6 Å². The highest BCUT2D eigenvalue weighted by Crippen LogP contribution is 2.34. The molecule has 0 saturated carbocycles. The predicted molar refractivity (Wildman–Crippen MR) is 482 cm³/mol. The molecule has 0 saturated heterocycles. The number of aromatic nitrogens is 5. The molecule has 0 bridgehead atoms. The van der Waals surface area contributed by atoms with Crippen LogP contribution in [0.15, 0.2) is 227 Å². The number of benzene rings is 6. The summed E-state index contributed by atoms with van der Waals surface area (Å²) in [7, 11) is -17.8. The summed E-state index contributed by atoms with van der Waals surface area (Å²) < 4.78 is 187. The van der Waals surface area contributed by atoms with Gasteiger partial charge in [-0.3, -0.25) is 24.2 Å². The van der Waals surface area contributed by atoms with E-state index in [-0.39, 0.29) is 87.9 Å². The van der Waals surface area contributed by atoms with Crippen LogP contribution >= 0.6 is 0 Å².